The lowest BCUT2D eigenvalue weighted by atomic mass is 10.1. The number of hydrogen-bond donors (Lipinski definition) is 2. The van der Waals surface area contributed by atoms with Gasteiger partial charge in [0, 0.05) is 9.77 Å². The van der Waals surface area contributed by atoms with Crippen LogP contribution in [-0.4, -0.2) is 25.4 Å². The molecule has 0 saturated heterocycles. The maximum atomic E-state index is 12.8. The van der Waals surface area contributed by atoms with Gasteiger partial charge >= 0.3 is 0 Å². The zero-order valence-electron chi connectivity index (χ0n) is 14.7. The second-order valence-electron chi connectivity index (χ2n) is 6.05. The van der Waals surface area contributed by atoms with Gasteiger partial charge in [0.05, 0.1) is 16.8 Å². The second-order valence-corrected chi connectivity index (χ2v) is 9.01. The first kappa shape index (κ1) is 20.4. The minimum absolute atomic E-state index is 0.111. The maximum absolute atomic E-state index is 12.8. The summed E-state index contributed by atoms with van der Waals surface area (Å²) in [6.45, 7) is 0. The Bertz CT molecular complexity index is 1030. The van der Waals surface area contributed by atoms with E-state index in [0.29, 0.717) is 5.69 Å². The van der Waals surface area contributed by atoms with Crippen molar-refractivity contribution in [3.8, 4) is 0 Å². The van der Waals surface area contributed by atoms with E-state index in [9.17, 15) is 13.2 Å². The highest BCUT2D eigenvalue weighted by atomic mass is 127. The topological polar surface area (TPSA) is 88.2 Å². The van der Waals surface area contributed by atoms with Crippen molar-refractivity contribution >= 4 is 44.2 Å². The summed E-state index contributed by atoms with van der Waals surface area (Å²) < 4.78 is 29.0. The first-order valence-electron chi connectivity index (χ1n) is 8.47. The van der Waals surface area contributed by atoms with Gasteiger partial charge in [0.25, 0.3) is 0 Å². The molecule has 0 unspecified atom stereocenters. The normalized spacial score (nSPS) is 12.3. The smallest absolute Gasteiger partial charge is 0.242 e. The van der Waals surface area contributed by atoms with Gasteiger partial charge < -0.3 is 5.32 Å². The molecule has 0 aliphatic carbocycles. The fourth-order valence-corrected chi connectivity index (χ4v) is 4.13. The van der Waals surface area contributed by atoms with Crippen LogP contribution < -0.4 is 10.0 Å². The highest BCUT2D eigenvalue weighted by Crippen LogP contribution is 2.15. The average Bonchev–Trinajstić information content (AvgIpc) is 2.69. The molecule has 2 aromatic carbocycles. The van der Waals surface area contributed by atoms with Crippen molar-refractivity contribution in [2.45, 2.75) is 17.4 Å². The number of nitrogens with zero attached hydrogens (tertiary/aromatic N) is 1. The lowest BCUT2D eigenvalue weighted by molar-refractivity contribution is -0.117. The van der Waals surface area contributed by atoms with Crippen LogP contribution >= 0.6 is 22.6 Å². The van der Waals surface area contributed by atoms with E-state index in [1.807, 2.05) is 30.3 Å². The quantitative estimate of drug-likeness (QED) is 0.481. The summed E-state index contributed by atoms with van der Waals surface area (Å²) >= 11 is 2.10. The molecule has 0 aliphatic heterocycles. The molecule has 144 valence electrons. The van der Waals surface area contributed by atoms with Crippen molar-refractivity contribution < 1.29 is 13.2 Å². The summed E-state index contributed by atoms with van der Waals surface area (Å²) in [7, 11) is -3.86. The van der Waals surface area contributed by atoms with E-state index in [2.05, 4.69) is 37.6 Å². The second kappa shape index (κ2) is 9.26. The number of pyridine rings is 1. The number of nitrogens with one attached hydrogen (secondary N) is 2. The molecule has 8 heteroatoms. The summed E-state index contributed by atoms with van der Waals surface area (Å²) in [5.41, 5.74) is 1.35. The molecule has 1 atom stereocenters. The van der Waals surface area contributed by atoms with E-state index in [1.54, 1.807) is 30.5 Å². The fourth-order valence-electron chi connectivity index (χ4n) is 2.57. The molecule has 28 heavy (non-hydrogen) atoms. The number of amides is 1. The molecule has 0 bridgehead atoms. The monoisotopic (exact) mass is 507 g/mol. The van der Waals surface area contributed by atoms with E-state index in [1.165, 1.54) is 18.3 Å². The van der Waals surface area contributed by atoms with Crippen molar-refractivity contribution in [1.82, 2.24) is 9.71 Å². The number of carbonyl (C=O) groups excluding carboxylic acids is 1. The van der Waals surface area contributed by atoms with E-state index >= 15 is 0 Å². The molecule has 3 rings (SSSR count). The molecule has 0 fully saturated rings. The molecule has 0 radical (unpaired) electrons. The number of aromatic nitrogens is 1. The highest BCUT2D eigenvalue weighted by molar-refractivity contribution is 14.1. The maximum Gasteiger partial charge on any atom is 0.242 e. The van der Waals surface area contributed by atoms with Crippen molar-refractivity contribution in [2.75, 3.05) is 5.32 Å². The van der Waals surface area contributed by atoms with Crippen molar-refractivity contribution in [3.63, 3.8) is 0 Å². The predicted molar refractivity (Wildman–Crippen MR) is 116 cm³/mol. The Hall–Kier alpha value is -2.30. The number of carbonyl (C=O) groups is 1. The SMILES string of the molecule is O=C(Nc1cccnc1)[C@H](Cc1ccccc1)NS(=O)(=O)c1ccc(I)cc1. The zero-order chi connectivity index (χ0) is 20.0. The van der Waals surface area contributed by atoms with Crippen LogP contribution in [0.3, 0.4) is 0 Å². The number of anilines is 1. The molecule has 3 aromatic rings. The standard InChI is InChI=1S/C20H18IN3O3S/c21-16-8-10-18(11-9-16)28(26,27)24-19(13-15-5-2-1-3-6-15)20(25)23-17-7-4-12-22-14-17/h1-12,14,19,24H,13H2,(H,23,25)/t19-/m0/s1. The zero-order valence-corrected chi connectivity index (χ0v) is 17.7. The largest absolute Gasteiger partial charge is 0.323 e. The summed E-state index contributed by atoms with van der Waals surface area (Å²) in [5, 5.41) is 2.72. The number of hydrogen-bond acceptors (Lipinski definition) is 4. The molecular weight excluding hydrogens is 489 g/mol. The first-order chi connectivity index (χ1) is 13.4. The molecule has 6 nitrogen and oxygen atoms in total. The number of sulfonamides is 1. The number of rotatable bonds is 7. The van der Waals surface area contributed by atoms with Crippen molar-refractivity contribution in [2.24, 2.45) is 0 Å². The number of halogens is 1. The minimum atomic E-state index is -3.86. The van der Waals surface area contributed by atoms with Crippen LogP contribution in [0, 0.1) is 3.57 Å². The van der Waals surface area contributed by atoms with Gasteiger partial charge in [-0.05, 0) is 71.0 Å². The predicted octanol–water partition coefficient (Wildman–Crippen LogP) is 3.21. The molecule has 0 aliphatic rings. The molecule has 0 saturated carbocycles. The van der Waals surface area contributed by atoms with Gasteiger partial charge in [0.1, 0.15) is 6.04 Å². The summed E-state index contributed by atoms with van der Waals surface area (Å²) in [4.78, 5) is 16.9. The van der Waals surface area contributed by atoms with Gasteiger partial charge in [-0.25, -0.2) is 8.42 Å². The van der Waals surface area contributed by atoms with E-state index in [0.717, 1.165) is 9.13 Å². The summed E-state index contributed by atoms with van der Waals surface area (Å²) in [5.74, 6) is -0.453. The molecule has 1 amide bonds. The Morgan fingerprint density at radius 2 is 1.71 bits per heavy atom. The van der Waals surface area contributed by atoms with Crippen LogP contribution in [0.4, 0.5) is 5.69 Å². The first-order valence-corrected chi connectivity index (χ1v) is 11.0. The van der Waals surface area contributed by atoms with Gasteiger partial charge in [-0.2, -0.15) is 4.72 Å². The van der Waals surface area contributed by atoms with Crippen LogP contribution in [0.15, 0.2) is 84.0 Å². The fraction of sp³-hybridized carbons (Fsp3) is 0.100. The Kier molecular flexibility index (Phi) is 6.76. The third-order valence-corrected chi connectivity index (χ3v) is 6.16. The Morgan fingerprint density at radius 3 is 2.36 bits per heavy atom. The van der Waals surface area contributed by atoms with Crippen LogP contribution in [0.5, 0.6) is 0 Å². The molecule has 1 heterocycles. The Morgan fingerprint density at radius 1 is 1.00 bits per heavy atom. The molecule has 1 aromatic heterocycles. The highest BCUT2D eigenvalue weighted by Gasteiger charge is 2.26. The van der Waals surface area contributed by atoms with Gasteiger partial charge in [0.15, 0.2) is 0 Å². The summed E-state index contributed by atoms with van der Waals surface area (Å²) in [6, 6.07) is 18.1. The van der Waals surface area contributed by atoms with Crippen LogP contribution in [-0.2, 0) is 21.2 Å². The third kappa shape index (κ3) is 5.60. The average molecular weight is 507 g/mol. The Balaban J connectivity index is 1.84. The van der Waals surface area contributed by atoms with Crippen LogP contribution in [0.1, 0.15) is 5.56 Å². The third-order valence-electron chi connectivity index (χ3n) is 3.95. The minimum Gasteiger partial charge on any atom is -0.323 e. The van der Waals surface area contributed by atoms with Gasteiger partial charge in [-0.3, -0.25) is 9.78 Å². The number of benzene rings is 2. The van der Waals surface area contributed by atoms with Crippen molar-refractivity contribution in [1.29, 1.82) is 0 Å². The summed E-state index contributed by atoms with van der Waals surface area (Å²) in [6.07, 6.45) is 3.32. The lowest BCUT2D eigenvalue weighted by Crippen LogP contribution is -2.45. The van der Waals surface area contributed by atoms with E-state index in [4.69, 9.17) is 0 Å². The van der Waals surface area contributed by atoms with E-state index < -0.39 is 22.0 Å². The van der Waals surface area contributed by atoms with Gasteiger partial charge in [-0.1, -0.05) is 30.3 Å². The lowest BCUT2D eigenvalue weighted by Gasteiger charge is -2.19. The Labute approximate surface area is 177 Å². The molecule has 0 spiro atoms. The van der Waals surface area contributed by atoms with Crippen LogP contribution in [0.25, 0.3) is 0 Å². The van der Waals surface area contributed by atoms with Gasteiger partial charge in [-0.15, -0.1) is 0 Å². The molecule has 2 N–H and O–H groups in total. The van der Waals surface area contributed by atoms with Crippen molar-refractivity contribution in [3.05, 3.63) is 88.3 Å². The van der Waals surface area contributed by atoms with Crippen LogP contribution in [0.2, 0.25) is 0 Å². The van der Waals surface area contributed by atoms with Gasteiger partial charge in [0.2, 0.25) is 15.9 Å². The molecular formula is C20H18IN3O3S. The van der Waals surface area contributed by atoms with E-state index in [-0.39, 0.29) is 11.3 Å².